The topological polar surface area (TPSA) is 112 Å². The molecule has 138 valence electrons. The summed E-state index contributed by atoms with van der Waals surface area (Å²) in [5.41, 5.74) is -0.755. The minimum atomic E-state index is -1.37. The fourth-order valence-corrected chi connectivity index (χ4v) is 1.72. The SMILES string of the molecule is C=C.C=CCC(CC=C)(COCCOC(=O)O)OCCOC(=O)O. The average Bonchev–Trinajstić information content (AvgIpc) is 2.53. The summed E-state index contributed by atoms with van der Waals surface area (Å²) >= 11 is 0. The molecule has 2 N–H and O–H groups in total. The molecule has 0 bridgehead atoms. The first-order valence-corrected chi connectivity index (χ1v) is 7.10. The summed E-state index contributed by atoms with van der Waals surface area (Å²) in [6.07, 6.45) is 1.47. The molecule has 0 aromatic carbocycles. The summed E-state index contributed by atoms with van der Waals surface area (Å²) in [4.78, 5) is 20.5. The van der Waals surface area contributed by atoms with E-state index in [0.717, 1.165) is 0 Å². The summed E-state index contributed by atoms with van der Waals surface area (Å²) in [5.74, 6) is 0. The minimum absolute atomic E-state index is 0.0585. The van der Waals surface area contributed by atoms with Crippen LogP contribution in [0.5, 0.6) is 0 Å². The van der Waals surface area contributed by atoms with Gasteiger partial charge < -0.3 is 29.2 Å². The third-order valence-electron chi connectivity index (χ3n) is 2.57. The summed E-state index contributed by atoms with van der Waals surface area (Å²) in [6.45, 7) is 13.4. The predicted octanol–water partition coefficient (Wildman–Crippen LogP) is 3.10. The van der Waals surface area contributed by atoms with Crippen LogP contribution in [0.1, 0.15) is 12.8 Å². The molecule has 0 rings (SSSR count). The molecule has 0 atom stereocenters. The Morgan fingerprint density at radius 2 is 1.33 bits per heavy atom. The smallest absolute Gasteiger partial charge is 0.450 e. The Kier molecular flexibility index (Phi) is 15.5. The van der Waals surface area contributed by atoms with Crippen LogP contribution in [0, 0.1) is 0 Å². The summed E-state index contributed by atoms with van der Waals surface area (Å²) in [5, 5.41) is 16.7. The normalized spacial score (nSPS) is 10.0. The van der Waals surface area contributed by atoms with Crippen LogP contribution in [0.3, 0.4) is 0 Å². The van der Waals surface area contributed by atoms with E-state index in [1.54, 1.807) is 12.2 Å². The lowest BCUT2D eigenvalue weighted by molar-refractivity contribution is -0.107. The van der Waals surface area contributed by atoms with Gasteiger partial charge in [-0.2, -0.15) is 0 Å². The summed E-state index contributed by atoms with van der Waals surface area (Å²) in [6, 6.07) is 0. The van der Waals surface area contributed by atoms with Crippen LogP contribution in [0.2, 0.25) is 0 Å². The molecule has 0 unspecified atom stereocenters. The first-order chi connectivity index (χ1) is 11.5. The highest BCUT2D eigenvalue weighted by atomic mass is 16.7. The van der Waals surface area contributed by atoms with Gasteiger partial charge in [0.1, 0.15) is 13.2 Å². The van der Waals surface area contributed by atoms with E-state index in [1.165, 1.54) is 0 Å². The second kappa shape index (κ2) is 15.6. The Hall–Kier alpha value is -2.32. The zero-order valence-electron chi connectivity index (χ0n) is 13.8. The number of ether oxygens (including phenoxy) is 4. The number of carbonyl (C=O) groups is 2. The van der Waals surface area contributed by atoms with Crippen molar-refractivity contribution in [1.29, 1.82) is 0 Å². The van der Waals surface area contributed by atoms with Crippen LogP contribution in [0.4, 0.5) is 9.59 Å². The fourth-order valence-electron chi connectivity index (χ4n) is 1.72. The summed E-state index contributed by atoms with van der Waals surface area (Å²) in [7, 11) is 0. The Bertz CT molecular complexity index is 370. The Morgan fingerprint density at radius 3 is 1.75 bits per heavy atom. The molecule has 0 saturated heterocycles. The van der Waals surface area contributed by atoms with Gasteiger partial charge in [0.2, 0.25) is 0 Å². The van der Waals surface area contributed by atoms with Crippen molar-refractivity contribution in [2.45, 2.75) is 18.4 Å². The maximum Gasteiger partial charge on any atom is 0.505 e. The maximum absolute atomic E-state index is 10.3. The van der Waals surface area contributed by atoms with Gasteiger partial charge in [-0.05, 0) is 12.8 Å². The monoisotopic (exact) mass is 346 g/mol. The average molecular weight is 346 g/mol. The number of rotatable bonds is 13. The Labute approximate surface area is 142 Å². The largest absolute Gasteiger partial charge is 0.505 e. The first kappa shape index (κ1) is 23.9. The lowest BCUT2D eigenvalue weighted by atomic mass is 9.96. The molecule has 0 heterocycles. The second-order valence-corrected chi connectivity index (χ2v) is 4.30. The van der Waals surface area contributed by atoms with Gasteiger partial charge in [0.25, 0.3) is 0 Å². The third kappa shape index (κ3) is 13.4. The molecule has 0 saturated carbocycles. The first-order valence-electron chi connectivity index (χ1n) is 7.10. The van der Waals surface area contributed by atoms with Gasteiger partial charge in [0.15, 0.2) is 0 Å². The molecule has 8 nitrogen and oxygen atoms in total. The molecular weight excluding hydrogens is 320 g/mol. The van der Waals surface area contributed by atoms with Crippen molar-refractivity contribution in [3.63, 3.8) is 0 Å². The van der Waals surface area contributed by atoms with Gasteiger partial charge in [-0.3, -0.25) is 0 Å². The van der Waals surface area contributed by atoms with Crippen LogP contribution >= 0.6 is 0 Å². The van der Waals surface area contributed by atoms with E-state index in [0.29, 0.717) is 12.8 Å². The van der Waals surface area contributed by atoms with Crippen LogP contribution in [0.25, 0.3) is 0 Å². The quantitative estimate of drug-likeness (QED) is 0.297. The summed E-state index contributed by atoms with van der Waals surface area (Å²) < 4.78 is 19.7. The lowest BCUT2D eigenvalue weighted by Crippen LogP contribution is -2.38. The van der Waals surface area contributed by atoms with Crippen molar-refractivity contribution in [2.75, 3.05) is 33.0 Å². The van der Waals surface area contributed by atoms with Gasteiger partial charge in [0.05, 0.1) is 25.4 Å². The Morgan fingerprint density at radius 1 is 0.875 bits per heavy atom. The zero-order valence-corrected chi connectivity index (χ0v) is 13.8. The van der Waals surface area contributed by atoms with Crippen LogP contribution in [0.15, 0.2) is 38.5 Å². The molecule has 24 heavy (non-hydrogen) atoms. The van der Waals surface area contributed by atoms with Gasteiger partial charge in [-0.25, -0.2) is 9.59 Å². The highest BCUT2D eigenvalue weighted by molar-refractivity contribution is 5.56. The molecule has 0 fully saturated rings. The number of hydrogen-bond donors (Lipinski definition) is 2. The van der Waals surface area contributed by atoms with Crippen LogP contribution in [-0.4, -0.2) is 61.2 Å². The van der Waals surface area contributed by atoms with Gasteiger partial charge >= 0.3 is 12.3 Å². The van der Waals surface area contributed by atoms with E-state index in [9.17, 15) is 9.59 Å². The van der Waals surface area contributed by atoms with E-state index in [2.05, 4.69) is 35.8 Å². The minimum Gasteiger partial charge on any atom is -0.450 e. The molecule has 0 aliphatic heterocycles. The van der Waals surface area contributed by atoms with Crippen molar-refractivity contribution in [2.24, 2.45) is 0 Å². The highest BCUT2D eigenvalue weighted by Crippen LogP contribution is 2.23. The van der Waals surface area contributed by atoms with E-state index in [-0.39, 0.29) is 33.0 Å². The van der Waals surface area contributed by atoms with Crippen LogP contribution < -0.4 is 0 Å². The van der Waals surface area contributed by atoms with Crippen molar-refractivity contribution in [3.8, 4) is 0 Å². The van der Waals surface area contributed by atoms with Gasteiger partial charge in [0, 0.05) is 0 Å². The van der Waals surface area contributed by atoms with Crippen molar-refractivity contribution in [1.82, 2.24) is 0 Å². The molecule has 0 spiro atoms. The molecule has 0 amide bonds. The lowest BCUT2D eigenvalue weighted by Gasteiger charge is -2.32. The molecule has 8 heteroatoms. The Balaban J connectivity index is 0. The molecule has 0 aliphatic rings. The van der Waals surface area contributed by atoms with Gasteiger partial charge in [-0.1, -0.05) is 12.2 Å². The highest BCUT2D eigenvalue weighted by Gasteiger charge is 2.29. The third-order valence-corrected chi connectivity index (χ3v) is 2.57. The van der Waals surface area contributed by atoms with E-state index in [1.807, 2.05) is 0 Å². The van der Waals surface area contributed by atoms with Crippen molar-refractivity contribution < 1.29 is 38.7 Å². The maximum atomic E-state index is 10.3. The van der Waals surface area contributed by atoms with E-state index in [4.69, 9.17) is 19.7 Å². The van der Waals surface area contributed by atoms with Crippen molar-refractivity contribution in [3.05, 3.63) is 38.5 Å². The molecule has 0 aliphatic carbocycles. The molecule has 0 aromatic rings. The van der Waals surface area contributed by atoms with Gasteiger partial charge in [-0.15, -0.1) is 26.3 Å². The fraction of sp³-hybridized carbons (Fsp3) is 0.500. The molecular formula is C16H26O8. The standard InChI is InChI=1S/C14H22O8.C2H4/c1-3-5-14(6-4-2,22-10-9-21-13(17)18)11-19-7-8-20-12(15)16;1-2/h3-4H,1-2,5-11H2,(H,15,16)(H,17,18);1-2H2. The molecule has 0 radical (unpaired) electrons. The molecule has 0 aromatic heterocycles. The van der Waals surface area contributed by atoms with Crippen molar-refractivity contribution >= 4 is 12.3 Å². The van der Waals surface area contributed by atoms with E-state index < -0.39 is 17.9 Å². The van der Waals surface area contributed by atoms with E-state index >= 15 is 0 Å². The van der Waals surface area contributed by atoms with Crippen LogP contribution in [-0.2, 0) is 18.9 Å². The number of hydrogen-bond acceptors (Lipinski definition) is 6. The second-order valence-electron chi connectivity index (χ2n) is 4.30. The zero-order chi connectivity index (χ0) is 18.8. The predicted molar refractivity (Wildman–Crippen MR) is 88.3 cm³/mol. The number of carboxylic acid groups (broad SMARTS) is 2.